The van der Waals surface area contributed by atoms with Gasteiger partial charge in [0.1, 0.15) is 23.6 Å². The second-order valence-corrected chi connectivity index (χ2v) is 7.69. The van der Waals surface area contributed by atoms with Gasteiger partial charge in [-0.2, -0.15) is 0 Å². The molecule has 29 heavy (non-hydrogen) atoms. The first-order valence-electron chi connectivity index (χ1n) is 9.55. The Morgan fingerprint density at radius 1 is 1.17 bits per heavy atom. The quantitative estimate of drug-likeness (QED) is 0.598. The first-order valence-corrected chi connectivity index (χ1v) is 9.55. The third-order valence-electron chi connectivity index (χ3n) is 5.59. The number of halogens is 3. The molecule has 3 aromatic rings. The fourth-order valence-electron chi connectivity index (χ4n) is 4.04. The van der Waals surface area contributed by atoms with Crippen LogP contribution in [0.2, 0.25) is 0 Å². The van der Waals surface area contributed by atoms with Gasteiger partial charge in [0.15, 0.2) is 0 Å². The molecule has 1 aliphatic carbocycles. The van der Waals surface area contributed by atoms with Crippen LogP contribution in [0.4, 0.5) is 13.2 Å². The van der Waals surface area contributed by atoms with Gasteiger partial charge >= 0.3 is 0 Å². The number of aromatic amines is 1. The van der Waals surface area contributed by atoms with Crippen LogP contribution in [0.3, 0.4) is 0 Å². The molecule has 1 atom stereocenters. The number of amides is 1. The Kier molecular flexibility index (Phi) is 5.08. The van der Waals surface area contributed by atoms with Gasteiger partial charge in [0.2, 0.25) is 5.91 Å². The Hall–Kier alpha value is -2.80. The predicted molar refractivity (Wildman–Crippen MR) is 104 cm³/mol. The van der Waals surface area contributed by atoms with Crippen molar-refractivity contribution in [2.75, 3.05) is 6.54 Å². The van der Waals surface area contributed by atoms with Gasteiger partial charge in [0.05, 0.1) is 11.2 Å². The van der Waals surface area contributed by atoms with E-state index in [1.54, 1.807) is 12.1 Å². The number of aliphatic hydroxyl groups excluding tert-OH is 1. The summed E-state index contributed by atoms with van der Waals surface area (Å²) in [6.07, 6.45) is 0.411. The van der Waals surface area contributed by atoms with Gasteiger partial charge in [-0.1, -0.05) is 0 Å². The normalized spacial score (nSPS) is 19.8. The topological polar surface area (TPSA) is 65.1 Å². The number of aromatic nitrogens is 1. The lowest BCUT2D eigenvalue weighted by atomic mass is 9.70. The van der Waals surface area contributed by atoms with Crippen molar-refractivity contribution in [1.82, 2.24) is 10.3 Å². The minimum Gasteiger partial charge on any atom is -0.384 e. The predicted octanol–water partition coefficient (Wildman–Crippen LogP) is 4.24. The molecule has 4 rings (SSSR count). The zero-order valence-electron chi connectivity index (χ0n) is 15.8. The van der Waals surface area contributed by atoms with E-state index in [2.05, 4.69) is 10.3 Å². The zero-order valence-corrected chi connectivity index (χ0v) is 15.8. The lowest BCUT2D eigenvalue weighted by molar-refractivity contribution is -0.128. The summed E-state index contributed by atoms with van der Waals surface area (Å²) in [4.78, 5) is 14.6. The summed E-state index contributed by atoms with van der Waals surface area (Å²) >= 11 is 0. The van der Waals surface area contributed by atoms with Crippen molar-refractivity contribution in [2.24, 2.45) is 5.92 Å². The molecular weight excluding hydrogens is 381 g/mol. The van der Waals surface area contributed by atoms with E-state index in [1.165, 1.54) is 25.1 Å². The van der Waals surface area contributed by atoms with Crippen LogP contribution in [0.1, 0.15) is 31.2 Å². The van der Waals surface area contributed by atoms with Gasteiger partial charge in [-0.15, -0.1) is 0 Å². The van der Waals surface area contributed by atoms with Crippen molar-refractivity contribution in [1.29, 1.82) is 0 Å². The van der Waals surface area contributed by atoms with Gasteiger partial charge in [-0.25, -0.2) is 13.2 Å². The third kappa shape index (κ3) is 3.74. The minimum atomic E-state index is -1.06. The van der Waals surface area contributed by atoms with Crippen molar-refractivity contribution < 1.29 is 23.1 Å². The average Bonchev–Trinajstić information content (AvgIpc) is 3.00. The van der Waals surface area contributed by atoms with E-state index < -0.39 is 23.6 Å². The molecule has 0 bridgehead atoms. The number of aliphatic hydroxyl groups is 1. The summed E-state index contributed by atoms with van der Waals surface area (Å²) in [7, 11) is 0. The maximum atomic E-state index is 14.4. The van der Waals surface area contributed by atoms with E-state index in [0.29, 0.717) is 23.2 Å². The first kappa shape index (κ1) is 19.5. The Bertz CT molecular complexity index is 1050. The number of hydrogen-bond donors (Lipinski definition) is 3. The number of benzene rings is 2. The lowest BCUT2D eigenvalue weighted by Crippen LogP contribution is -2.39. The molecular formula is C22H21F3N2O2. The summed E-state index contributed by atoms with van der Waals surface area (Å²) in [6.45, 7) is 1.85. The van der Waals surface area contributed by atoms with Crippen molar-refractivity contribution in [2.45, 2.75) is 31.8 Å². The molecule has 1 aliphatic rings. The highest BCUT2D eigenvalue weighted by Gasteiger charge is 2.35. The SMILES string of the molecule is C[C@H](O)C(=O)NC[C@H]1C[C@H](c2c(-c3ccc(F)cc3)[nH]c3c(F)cc(F)cc32)C1. The third-order valence-corrected chi connectivity index (χ3v) is 5.59. The highest BCUT2D eigenvalue weighted by Crippen LogP contribution is 2.48. The highest BCUT2D eigenvalue weighted by molar-refractivity contribution is 5.92. The second-order valence-electron chi connectivity index (χ2n) is 7.69. The van der Waals surface area contributed by atoms with E-state index in [1.807, 2.05) is 0 Å². The molecule has 0 unspecified atom stereocenters. The van der Waals surface area contributed by atoms with Crippen LogP contribution in [-0.2, 0) is 4.79 Å². The molecule has 1 fully saturated rings. The van der Waals surface area contributed by atoms with E-state index in [4.69, 9.17) is 0 Å². The van der Waals surface area contributed by atoms with Crippen LogP contribution < -0.4 is 5.32 Å². The van der Waals surface area contributed by atoms with Crippen LogP contribution in [-0.4, -0.2) is 28.6 Å². The molecule has 2 aromatic carbocycles. The van der Waals surface area contributed by atoms with Crippen LogP contribution >= 0.6 is 0 Å². The van der Waals surface area contributed by atoms with Gasteiger partial charge in [-0.05, 0) is 73.1 Å². The molecule has 7 heteroatoms. The van der Waals surface area contributed by atoms with E-state index in [9.17, 15) is 23.1 Å². The molecule has 3 N–H and O–H groups in total. The first-order chi connectivity index (χ1) is 13.8. The van der Waals surface area contributed by atoms with Gasteiger partial charge in [0, 0.05) is 18.0 Å². The summed E-state index contributed by atoms with van der Waals surface area (Å²) in [5.74, 6) is -1.85. The van der Waals surface area contributed by atoms with E-state index >= 15 is 0 Å². The van der Waals surface area contributed by atoms with Crippen LogP contribution in [0, 0.1) is 23.4 Å². The van der Waals surface area contributed by atoms with Crippen LogP contribution in [0.15, 0.2) is 36.4 Å². The number of hydrogen-bond acceptors (Lipinski definition) is 2. The average molecular weight is 402 g/mol. The minimum absolute atomic E-state index is 0.0541. The maximum absolute atomic E-state index is 14.4. The summed E-state index contributed by atoms with van der Waals surface area (Å²) < 4.78 is 41.6. The number of carbonyl (C=O) groups excluding carboxylic acids is 1. The Morgan fingerprint density at radius 2 is 1.86 bits per heavy atom. The van der Waals surface area contributed by atoms with Crippen LogP contribution in [0.25, 0.3) is 22.2 Å². The standard InChI is InChI=1S/C22H21F3N2O2/c1-11(28)22(29)26-10-12-6-14(7-12)19-17-8-16(24)9-18(25)21(17)27-20(19)13-2-4-15(23)5-3-13/h2-5,8-9,11-12,14,27-28H,6-7,10H2,1H3,(H,26,29)/t11-,12-,14-/m0/s1. The van der Waals surface area contributed by atoms with Crippen molar-refractivity contribution in [3.63, 3.8) is 0 Å². The number of fused-ring (bicyclic) bond motifs is 1. The Morgan fingerprint density at radius 3 is 2.52 bits per heavy atom. The van der Waals surface area contributed by atoms with Crippen LogP contribution in [0.5, 0.6) is 0 Å². The molecule has 1 heterocycles. The van der Waals surface area contributed by atoms with Gasteiger partial charge in [-0.3, -0.25) is 4.79 Å². The molecule has 1 amide bonds. The van der Waals surface area contributed by atoms with Gasteiger partial charge in [0.25, 0.3) is 0 Å². The number of carbonyl (C=O) groups is 1. The smallest absolute Gasteiger partial charge is 0.248 e. The Labute approximate surface area is 165 Å². The molecule has 1 saturated carbocycles. The molecule has 0 saturated heterocycles. The fraction of sp³-hybridized carbons (Fsp3) is 0.318. The maximum Gasteiger partial charge on any atom is 0.248 e. The number of nitrogens with one attached hydrogen (secondary N) is 2. The monoisotopic (exact) mass is 402 g/mol. The highest BCUT2D eigenvalue weighted by atomic mass is 19.1. The second kappa shape index (κ2) is 7.55. The van der Waals surface area contributed by atoms with E-state index in [0.717, 1.165) is 24.5 Å². The van der Waals surface area contributed by atoms with Gasteiger partial charge < -0.3 is 15.4 Å². The Balaban J connectivity index is 1.65. The molecule has 1 aromatic heterocycles. The van der Waals surface area contributed by atoms with Crippen molar-refractivity contribution >= 4 is 16.8 Å². The van der Waals surface area contributed by atoms with E-state index in [-0.39, 0.29) is 23.2 Å². The largest absolute Gasteiger partial charge is 0.384 e. The van der Waals surface area contributed by atoms with Crippen molar-refractivity contribution in [3.05, 3.63) is 59.4 Å². The number of H-pyrrole nitrogens is 1. The summed E-state index contributed by atoms with van der Waals surface area (Å²) in [6, 6.07) is 8.03. The van der Waals surface area contributed by atoms with Crippen molar-refractivity contribution in [3.8, 4) is 11.3 Å². The molecule has 0 spiro atoms. The summed E-state index contributed by atoms with van der Waals surface area (Å²) in [5.41, 5.74) is 2.39. The number of rotatable bonds is 5. The molecule has 0 radical (unpaired) electrons. The molecule has 0 aliphatic heterocycles. The zero-order chi connectivity index (χ0) is 20.7. The lowest BCUT2D eigenvalue weighted by Gasteiger charge is -2.36. The molecule has 4 nitrogen and oxygen atoms in total. The fourth-order valence-corrected chi connectivity index (χ4v) is 4.04. The molecule has 152 valence electrons. The summed E-state index contributed by atoms with van der Waals surface area (Å²) in [5, 5.41) is 12.4.